The van der Waals surface area contributed by atoms with Gasteiger partial charge in [0.05, 0.1) is 5.02 Å². The first-order valence-electron chi connectivity index (χ1n) is 7.27. The Labute approximate surface area is 132 Å². The zero-order chi connectivity index (χ0) is 15.1. The number of hydrogen-bond acceptors (Lipinski definition) is 3. The van der Waals surface area contributed by atoms with Crippen LogP contribution in [0, 0.1) is 11.8 Å². The van der Waals surface area contributed by atoms with Gasteiger partial charge in [-0.1, -0.05) is 45.7 Å². The van der Waals surface area contributed by atoms with Gasteiger partial charge in [0.15, 0.2) is 0 Å². The molecule has 1 aromatic heterocycles. The lowest BCUT2D eigenvalue weighted by Crippen LogP contribution is -2.14. The van der Waals surface area contributed by atoms with Gasteiger partial charge in [-0.25, -0.2) is 4.98 Å². The lowest BCUT2D eigenvalue weighted by atomic mass is 9.97. The van der Waals surface area contributed by atoms with Gasteiger partial charge in [-0.05, 0) is 30.6 Å². The molecule has 112 valence electrons. The number of aliphatic imine (C=N–C) groups is 1. The smallest absolute Gasteiger partial charge is 0.114 e. The summed E-state index contributed by atoms with van der Waals surface area (Å²) in [6, 6.07) is 2.00. The van der Waals surface area contributed by atoms with E-state index in [0.717, 1.165) is 40.7 Å². The van der Waals surface area contributed by atoms with Crippen LogP contribution in [0.2, 0.25) is 5.02 Å². The number of thioether (sulfide) groups is 1. The molecule has 0 spiro atoms. The highest BCUT2D eigenvalue weighted by Gasteiger charge is 2.14. The van der Waals surface area contributed by atoms with Gasteiger partial charge in [0.2, 0.25) is 0 Å². The zero-order valence-electron chi connectivity index (χ0n) is 13.1. The maximum Gasteiger partial charge on any atom is 0.114 e. The van der Waals surface area contributed by atoms with E-state index in [1.54, 1.807) is 11.8 Å². The fourth-order valence-electron chi connectivity index (χ4n) is 1.82. The van der Waals surface area contributed by atoms with Gasteiger partial charge in [0, 0.05) is 24.0 Å². The average molecular weight is 313 g/mol. The second-order valence-electron chi connectivity index (χ2n) is 5.26. The van der Waals surface area contributed by atoms with Crippen molar-refractivity contribution >= 4 is 29.1 Å². The predicted molar refractivity (Wildman–Crippen MR) is 91.3 cm³/mol. The monoisotopic (exact) mass is 312 g/mol. The quantitative estimate of drug-likeness (QED) is 0.501. The van der Waals surface area contributed by atoms with E-state index in [0.29, 0.717) is 11.8 Å². The minimum atomic E-state index is 0.428. The number of rotatable bonds is 7. The van der Waals surface area contributed by atoms with E-state index in [4.69, 9.17) is 16.6 Å². The third-order valence-corrected chi connectivity index (χ3v) is 4.76. The SMILES string of the molecule is CCC(C)CN=C(c1cnc(SC)c(Cl)c1)C(C)CC. The lowest BCUT2D eigenvalue weighted by Gasteiger charge is -2.15. The molecule has 20 heavy (non-hydrogen) atoms. The van der Waals surface area contributed by atoms with Crippen molar-refractivity contribution in [3.8, 4) is 0 Å². The molecule has 0 N–H and O–H groups in total. The molecule has 0 amide bonds. The number of pyridine rings is 1. The second kappa shape index (κ2) is 8.68. The van der Waals surface area contributed by atoms with Crippen molar-refractivity contribution in [2.45, 2.75) is 45.6 Å². The van der Waals surface area contributed by atoms with Crippen LogP contribution in [0.4, 0.5) is 0 Å². The van der Waals surface area contributed by atoms with Crippen molar-refractivity contribution in [1.82, 2.24) is 4.98 Å². The Morgan fingerprint density at radius 3 is 2.55 bits per heavy atom. The summed E-state index contributed by atoms with van der Waals surface area (Å²) in [5.41, 5.74) is 2.19. The van der Waals surface area contributed by atoms with Gasteiger partial charge in [-0.2, -0.15) is 0 Å². The van der Waals surface area contributed by atoms with Crippen LogP contribution in [0.1, 0.15) is 46.1 Å². The second-order valence-corrected chi connectivity index (χ2v) is 6.47. The van der Waals surface area contributed by atoms with Crippen LogP contribution in [-0.2, 0) is 0 Å². The third-order valence-electron chi connectivity index (χ3n) is 3.65. The molecule has 0 aromatic carbocycles. The molecule has 0 fully saturated rings. The van der Waals surface area contributed by atoms with Gasteiger partial charge < -0.3 is 0 Å². The standard InChI is InChI=1S/C16H25ClN2S/c1-6-11(3)9-18-15(12(4)7-2)13-8-14(17)16(20-5)19-10-13/h8,10-12H,6-7,9H2,1-5H3. The summed E-state index contributed by atoms with van der Waals surface area (Å²) in [5, 5.41) is 1.59. The van der Waals surface area contributed by atoms with Crippen molar-refractivity contribution in [3.05, 3.63) is 22.8 Å². The van der Waals surface area contributed by atoms with Crippen LogP contribution in [0.3, 0.4) is 0 Å². The Bertz CT molecular complexity index is 460. The minimum Gasteiger partial charge on any atom is -0.289 e. The first kappa shape index (κ1) is 17.5. The first-order valence-corrected chi connectivity index (χ1v) is 8.87. The first-order chi connectivity index (χ1) is 9.53. The molecule has 0 saturated carbocycles. The van der Waals surface area contributed by atoms with E-state index in [-0.39, 0.29) is 0 Å². The fourth-order valence-corrected chi connectivity index (χ4v) is 2.63. The maximum absolute atomic E-state index is 6.27. The normalized spacial score (nSPS) is 15.2. The Kier molecular flexibility index (Phi) is 7.60. The molecule has 0 bridgehead atoms. The van der Waals surface area contributed by atoms with Crippen LogP contribution >= 0.6 is 23.4 Å². The summed E-state index contributed by atoms with van der Waals surface area (Å²) >= 11 is 7.84. The number of halogens is 1. The highest BCUT2D eigenvalue weighted by atomic mass is 35.5. The Morgan fingerprint density at radius 1 is 1.35 bits per heavy atom. The molecule has 0 aliphatic rings. The molecule has 1 aromatic rings. The van der Waals surface area contributed by atoms with Crippen molar-refractivity contribution in [2.24, 2.45) is 16.8 Å². The lowest BCUT2D eigenvalue weighted by molar-refractivity contribution is 0.573. The molecule has 0 saturated heterocycles. The largest absolute Gasteiger partial charge is 0.289 e. The van der Waals surface area contributed by atoms with Crippen molar-refractivity contribution < 1.29 is 0 Å². The molecule has 0 aliphatic heterocycles. The molecule has 2 atom stereocenters. The van der Waals surface area contributed by atoms with Crippen molar-refractivity contribution in [3.63, 3.8) is 0 Å². The average Bonchev–Trinajstić information content (AvgIpc) is 2.46. The Morgan fingerprint density at radius 2 is 2.05 bits per heavy atom. The fraction of sp³-hybridized carbons (Fsp3) is 0.625. The molecule has 4 heteroatoms. The summed E-state index contributed by atoms with van der Waals surface area (Å²) in [4.78, 5) is 9.28. The van der Waals surface area contributed by atoms with E-state index < -0.39 is 0 Å². The Hall–Kier alpha value is -0.540. The molecule has 2 unspecified atom stereocenters. The third kappa shape index (κ3) is 4.78. The van der Waals surface area contributed by atoms with Gasteiger partial charge in [0.25, 0.3) is 0 Å². The van der Waals surface area contributed by atoms with E-state index in [9.17, 15) is 0 Å². The van der Waals surface area contributed by atoms with Crippen LogP contribution in [0.15, 0.2) is 22.3 Å². The highest BCUT2D eigenvalue weighted by Crippen LogP contribution is 2.25. The zero-order valence-corrected chi connectivity index (χ0v) is 14.7. The van der Waals surface area contributed by atoms with E-state index in [1.807, 2.05) is 18.5 Å². The molecular formula is C16H25ClN2S. The summed E-state index contributed by atoms with van der Waals surface area (Å²) in [7, 11) is 0. The maximum atomic E-state index is 6.27. The topological polar surface area (TPSA) is 25.2 Å². The summed E-state index contributed by atoms with van der Waals surface area (Å²) < 4.78 is 0. The van der Waals surface area contributed by atoms with Gasteiger partial charge >= 0.3 is 0 Å². The predicted octanol–water partition coefficient (Wildman–Crippen LogP) is 5.34. The van der Waals surface area contributed by atoms with Crippen molar-refractivity contribution in [1.29, 1.82) is 0 Å². The van der Waals surface area contributed by atoms with E-state index >= 15 is 0 Å². The summed E-state index contributed by atoms with van der Waals surface area (Å²) in [6.45, 7) is 9.72. The molecule has 1 heterocycles. The van der Waals surface area contributed by atoms with Crippen LogP contribution in [0.25, 0.3) is 0 Å². The van der Waals surface area contributed by atoms with E-state index in [1.165, 1.54) is 0 Å². The molecule has 1 rings (SSSR count). The number of aromatic nitrogens is 1. The summed E-state index contributed by atoms with van der Waals surface area (Å²) in [6.07, 6.45) is 6.11. The molecule has 0 aliphatic carbocycles. The molecule has 0 radical (unpaired) electrons. The van der Waals surface area contributed by atoms with Gasteiger partial charge in [0.1, 0.15) is 5.03 Å². The van der Waals surface area contributed by atoms with Crippen molar-refractivity contribution in [2.75, 3.05) is 12.8 Å². The highest BCUT2D eigenvalue weighted by molar-refractivity contribution is 7.98. The summed E-state index contributed by atoms with van der Waals surface area (Å²) in [5.74, 6) is 1.04. The van der Waals surface area contributed by atoms with E-state index in [2.05, 4.69) is 32.7 Å². The minimum absolute atomic E-state index is 0.428. The molecular weight excluding hydrogens is 288 g/mol. The Balaban J connectivity index is 3.07. The van der Waals surface area contributed by atoms with Crippen LogP contribution in [0.5, 0.6) is 0 Å². The van der Waals surface area contributed by atoms with Crippen LogP contribution in [-0.4, -0.2) is 23.5 Å². The van der Waals surface area contributed by atoms with Gasteiger partial charge in [-0.3, -0.25) is 4.99 Å². The number of hydrogen-bond donors (Lipinski definition) is 0. The number of nitrogens with zero attached hydrogens (tertiary/aromatic N) is 2. The van der Waals surface area contributed by atoms with Crippen LogP contribution < -0.4 is 0 Å². The molecule has 2 nitrogen and oxygen atoms in total. The van der Waals surface area contributed by atoms with Gasteiger partial charge in [-0.15, -0.1) is 11.8 Å².